The number of fused-ring (bicyclic) bond motifs is 1. The van der Waals surface area contributed by atoms with Crippen molar-refractivity contribution in [2.45, 2.75) is 44.1 Å². The van der Waals surface area contributed by atoms with Crippen molar-refractivity contribution in [2.75, 3.05) is 39.4 Å². The van der Waals surface area contributed by atoms with Crippen LogP contribution in [-0.2, 0) is 28.2 Å². The number of carbonyl (C=O) groups excluding carboxylic acids is 2. The minimum Gasteiger partial charge on any atom is -0.506 e. The normalized spacial score (nSPS) is 14.9. The smallest absolute Gasteiger partial charge is 0.347 e. The maximum atomic E-state index is 13.8. The number of likely N-dealkylation sites (tertiary alicyclic amines) is 1. The van der Waals surface area contributed by atoms with Crippen molar-refractivity contribution >= 4 is 22.8 Å². The van der Waals surface area contributed by atoms with Crippen molar-refractivity contribution in [3.63, 3.8) is 0 Å². The predicted octanol–water partition coefficient (Wildman–Crippen LogP) is 5.34. The van der Waals surface area contributed by atoms with Gasteiger partial charge in [-0.1, -0.05) is 84.9 Å². The first-order chi connectivity index (χ1) is 29.7. The molecule has 0 saturated carbocycles. The van der Waals surface area contributed by atoms with Crippen LogP contribution in [0, 0.1) is 5.92 Å². The maximum Gasteiger partial charge on any atom is 0.347 e. The van der Waals surface area contributed by atoms with Gasteiger partial charge in [-0.3, -0.25) is 19.5 Å². The average molecular weight is 826 g/mol. The Balaban J connectivity index is 0.855. The molecule has 1 aliphatic rings. The van der Waals surface area contributed by atoms with Gasteiger partial charge in [0.1, 0.15) is 17.2 Å². The van der Waals surface area contributed by atoms with Gasteiger partial charge in [0.05, 0.1) is 24.8 Å². The summed E-state index contributed by atoms with van der Waals surface area (Å²) >= 11 is 0. The summed E-state index contributed by atoms with van der Waals surface area (Å²) in [6.07, 6.45) is 2.97. The number of piperidine rings is 1. The lowest BCUT2D eigenvalue weighted by Gasteiger charge is -2.33. The van der Waals surface area contributed by atoms with Crippen LogP contribution in [0.15, 0.2) is 132 Å². The van der Waals surface area contributed by atoms with Gasteiger partial charge < -0.3 is 40.4 Å². The lowest BCUT2D eigenvalue weighted by atomic mass is 9.86. The van der Waals surface area contributed by atoms with Gasteiger partial charge in [-0.15, -0.1) is 0 Å². The molecule has 4 aromatic carbocycles. The topological polar surface area (TPSA) is 186 Å². The molecule has 0 bridgehead atoms. The highest BCUT2D eigenvalue weighted by atomic mass is 16.5. The molecule has 0 spiro atoms. The Kier molecular flexibility index (Phi) is 14.2. The number of carbonyl (C=O) groups is 2. The van der Waals surface area contributed by atoms with Crippen LogP contribution in [0.2, 0.25) is 0 Å². The van der Waals surface area contributed by atoms with Gasteiger partial charge >= 0.3 is 5.97 Å². The van der Waals surface area contributed by atoms with E-state index in [9.17, 15) is 29.7 Å². The Hall–Kier alpha value is -6.38. The van der Waals surface area contributed by atoms with Crippen molar-refractivity contribution in [3.05, 3.63) is 171 Å². The number of phenols is 1. The Bertz CT molecular complexity index is 2440. The third-order valence-electron chi connectivity index (χ3n) is 11.0. The number of pyridine rings is 2. The molecule has 2 aromatic heterocycles. The molecule has 0 aliphatic carbocycles. The molecule has 61 heavy (non-hydrogen) atoms. The van der Waals surface area contributed by atoms with Gasteiger partial charge in [-0.25, -0.2) is 4.79 Å². The molecular weight excluding hydrogens is 775 g/mol. The second-order valence-corrected chi connectivity index (χ2v) is 15.3. The third kappa shape index (κ3) is 10.9. The molecule has 3 heterocycles. The number of esters is 1. The Morgan fingerprint density at radius 2 is 1.64 bits per heavy atom. The minimum atomic E-state index is -2.05. The highest BCUT2D eigenvalue weighted by molar-refractivity contribution is 5.92. The van der Waals surface area contributed by atoms with Crippen LogP contribution in [0.1, 0.15) is 63.7 Å². The number of ether oxygens (including phenoxy) is 2. The van der Waals surface area contributed by atoms with Crippen LogP contribution >= 0.6 is 0 Å². The minimum absolute atomic E-state index is 0.0753. The number of phenolic OH excluding ortho intramolecular Hbond substituents is 1. The van der Waals surface area contributed by atoms with E-state index >= 15 is 0 Å². The van der Waals surface area contributed by atoms with E-state index in [0.717, 1.165) is 38.0 Å². The summed E-state index contributed by atoms with van der Waals surface area (Å²) in [6.45, 7) is 4.12. The molecule has 1 fully saturated rings. The van der Waals surface area contributed by atoms with Gasteiger partial charge in [-0.05, 0) is 90.9 Å². The fourth-order valence-electron chi connectivity index (χ4n) is 7.57. The fourth-order valence-corrected chi connectivity index (χ4v) is 7.57. The molecule has 13 heteroatoms. The summed E-state index contributed by atoms with van der Waals surface area (Å²) in [7, 11) is 0. The van der Waals surface area contributed by atoms with E-state index in [2.05, 4.69) is 49.8 Å². The van der Waals surface area contributed by atoms with Crippen LogP contribution in [0.4, 0.5) is 0 Å². The lowest BCUT2D eigenvalue weighted by molar-refractivity contribution is -0.164. The van der Waals surface area contributed by atoms with Crippen LogP contribution in [0.5, 0.6) is 11.5 Å². The summed E-state index contributed by atoms with van der Waals surface area (Å²) in [5.74, 6) is -0.482. The number of benzene rings is 4. The number of aromatic nitrogens is 2. The second-order valence-electron chi connectivity index (χ2n) is 15.3. The summed E-state index contributed by atoms with van der Waals surface area (Å²) in [5, 5.41) is 39.6. The molecule has 316 valence electrons. The first-order valence-corrected chi connectivity index (χ1v) is 20.6. The molecule has 0 unspecified atom stereocenters. The zero-order chi connectivity index (χ0) is 42.6. The SMILES string of the molecule is O=C(NCCCOc1cccc([C@](O)(C(=O)OCC2CCN(Cc3ccccc3)CC2)c2ccccc2)c1)c1ccc(CNC[C@H](O)c2ccc(O)c3[nH]c(=O)ccc23)cn1. The zero-order valence-electron chi connectivity index (χ0n) is 33.8. The van der Waals surface area contributed by atoms with E-state index in [0.29, 0.717) is 47.3 Å². The van der Waals surface area contributed by atoms with Gasteiger partial charge in [0.15, 0.2) is 0 Å². The molecule has 0 radical (unpaired) electrons. The Morgan fingerprint density at radius 3 is 2.39 bits per heavy atom. The van der Waals surface area contributed by atoms with E-state index in [1.807, 2.05) is 12.1 Å². The summed E-state index contributed by atoms with van der Waals surface area (Å²) in [6, 6.07) is 35.4. The maximum absolute atomic E-state index is 13.8. The highest BCUT2D eigenvalue weighted by Gasteiger charge is 2.42. The quantitative estimate of drug-likeness (QED) is 0.0486. The standard InChI is InChI=1S/C48H51N5O8/c54-42-19-16-39(40-17-20-44(56)52-45(40)42)43(55)30-49-28-35-15-18-41(51-29-35)46(57)50-23-8-26-60-38-14-7-13-37(27-38)48(59,36-11-5-2-6-12-36)47(58)61-32-34-21-24-53(25-22-34)31-33-9-3-1-4-10-33/h1-7,9-20,27,29,34,43,49,54-55,59H,8,21-26,28,30-32H2,(H,50,57)(H,52,56)/t43-,48-/m0/s1. The van der Waals surface area contributed by atoms with E-state index in [1.165, 1.54) is 17.7 Å². The van der Waals surface area contributed by atoms with E-state index in [-0.39, 0.29) is 54.1 Å². The molecular formula is C48H51N5O8. The van der Waals surface area contributed by atoms with E-state index in [4.69, 9.17) is 9.47 Å². The number of aromatic hydroxyl groups is 1. The summed E-state index contributed by atoms with van der Waals surface area (Å²) < 4.78 is 11.9. The number of hydrogen-bond donors (Lipinski definition) is 6. The van der Waals surface area contributed by atoms with Crippen LogP contribution in [-0.4, -0.2) is 81.5 Å². The molecule has 6 N–H and O–H groups in total. The summed E-state index contributed by atoms with van der Waals surface area (Å²) in [5.41, 5.74) is 1.50. The average Bonchev–Trinajstić information content (AvgIpc) is 3.29. The number of hydrogen-bond acceptors (Lipinski definition) is 11. The predicted molar refractivity (Wildman–Crippen MR) is 231 cm³/mol. The van der Waals surface area contributed by atoms with Crippen molar-refractivity contribution < 1.29 is 34.4 Å². The Morgan fingerprint density at radius 1 is 0.885 bits per heavy atom. The molecule has 1 amide bonds. The van der Waals surface area contributed by atoms with Crippen LogP contribution < -0.4 is 20.9 Å². The molecule has 13 nitrogen and oxygen atoms in total. The van der Waals surface area contributed by atoms with Crippen molar-refractivity contribution in [3.8, 4) is 11.5 Å². The number of rotatable bonds is 18. The monoisotopic (exact) mass is 825 g/mol. The van der Waals surface area contributed by atoms with Crippen molar-refractivity contribution in [1.29, 1.82) is 0 Å². The summed E-state index contributed by atoms with van der Waals surface area (Å²) in [4.78, 5) is 47.6. The zero-order valence-corrected chi connectivity index (χ0v) is 33.8. The van der Waals surface area contributed by atoms with Gasteiger partial charge in [0.25, 0.3) is 5.91 Å². The lowest BCUT2D eigenvalue weighted by Crippen LogP contribution is -2.40. The Labute approximate surface area is 354 Å². The molecule has 1 saturated heterocycles. The first kappa shape index (κ1) is 42.7. The van der Waals surface area contributed by atoms with Crippen LogP contribution in [0.3, 0.4) is 0 Å². The van der Waals surface area contributed by atoms with Crippen LogP contribution in [0.25, 0.3) is 10.9 Å². The third-order valence-corrected chi connectivity index (χ3v) is 11.0. The number of aliphatic hydroxyl groups excluding tert-OH is 1. The van der Waals surface area contributed by atoms with Gasteiger partial charge in [0, 0.05) is 49.4 Å². The van der Waals surface area contributed by atoms with Crippen molar-refractivity contribution in [2.24, 2.45) is 5.92 Å². The highest BCUT2D eigenvalue weighted by Crippen LogP contribution is 2.34. The largest absolute Gasteiger partial charge is 0.506 e. The van der Waals surface area contributed by atoms with Gasteiger partial charge in [-0.2, -0.15) is 0 Å². The molecule has 2 atom stereocenters. The fraction of sp³-hybridized carbons (Fsp3) is 0.292. The number of aromatic amines is 1. The number of nitrogens with zero attached hydrogens (tertiary/aromatic N) is 2. The molecule has 7 rings (SSSR count). The van der Waals surface area contributed by atoms with Gasteiger partial charge in [0.2, 0.25) is 11.2 Å². The molecule has 6 aromatic rings. The molecule has 1 aliphatic heterocycles. The first-order valence-electron chi connectivity index (χ1n) is 20.6. The van der Waals surface area contributed by atoms with E-state index < -0.39 is 17.7 Å². The number of aliphatic hydroxyl groups is 2. The number of nitrogens with one attached hydrogen (secondary N) is 3. The van der Waals surface area contributed by atoms with E-state index in [1.54, 1.807) is 79.0 Å². The number of H-pyrrole nitrogens is 1. The van der Waals surface area contributed by atoms with Crippen molar-refractivity contribution in [1.82, 2.24) is 25.5 Å². The number of amides is 1. The second kappa shape index (κ2) is 20.3.